The minimum Gasteiger partial charge on any atom is -0.368 e. The summed E-state index contributed by atoms with van der Waals surface area (Å²) >= 11 is 5.92. The number of nitrogens with one attached hydrogen (secondary N) is 1. The molecule has 1 amide bonds. The molecule has 0 bridgehead atoms. The van der Waals surface area contributed by atoms with Gasteiger partial charge in [-0.25, -0.2) is 9.07 Å². The zero-order chi connectivity index (χ0) is 24.7. The minimum atomic E-state index is -4.53. The summed E-state index contributed by atoms with van der Waals surface area (Å²) in [4.78, 5) is 16.7. The number of alkyl halides is 3. The van der Waals surface area contributed by atoms with E-state index >= 15 is 0 Å². The van der Waals surface area contributed by atoms with Crippen molar-refractivity contribution >= 4 is 29.0 Å². The van der Waals surface area contributed by atoms with Crippen LogP contribution in [0.1, 0.15) is 34.6 Å². The lowest BCUT2D eigenvalue weighted by atomic mass is 9.97. The van der Waals surface area contributed by atoms with E-state index in [2.05, 4.69) is 10.4 Å². The molecule has 2 aromatic carbocycles. The maximum absolute atomic E-state index is 13.9. The van der Waals surface area contributed by atoms with Gasteiger partial charge in [0.2, 0.25) is 0 Å². The normalized spacial score (nSPS) is 20.4. The Kier molecular flexibility index (Phi) is 6.08. The molecule has 2 aliphatic heterocycles. The highest BCUT2D eigenvalue weighted by molar-refractivity contribution is 6.30. The Balaban J connectivity index is 1.33. The average molecular weight is 508 g/mol. The fraction of sp³-hybridized carbons (Fsp3) is 0.333. The Morgan fingerprint density at radius 2 is 1.66 bits per heavy atom. The highest BCUT2D eigenvalue weighted by Crippen LogP contribution is 2.43. The smallest absolute Gasteiger partial charge is 0.368 e. The van der Waals surface area contributed by atoms with Crippen molar-refractivity contribution in [1.29, 1.82) is 0 Å². The Bertz CT molecular complexity index is 1200. The van der Waals surface area contributed by atoms with Crippen LogP contribution in [0.2, 0.25) is 5.02 Å². The van der Waals surface area contributed by atoms with Crippen LogP contribution in [0.25, 0.3) is 0 Å². The molecule has 2 atom stereocenters. The predicted octanol–water partition coefficient (Wildman–Crippen LogP) is 5.30. The first-order valence-electron chi connectivity index (χ1n) is 11.2. The first-order valence-corrected chi connectivity index (χ1v) is 11.5. The second-order valence-electron chi connectivity index (χ2n) is 8.66. The van der Waals surface area contributed by atoms with Crippen LogP contribution in [0.15, 0.2) is 54.6 Å². The summed E-state index contributed by atoms with van der Waals surface area (Å²) in [6.07, 6.45) is -4.79. The number of fused-ring (bicyclic) bond motifs is 1. The van der Waals surface area contributed by atoms with Crippen molar-refractivity contribution in [3.8, 4) is 0 Å². The van der Waals surface area contributed by atoms with Gasteiger partial charge in [0.25, 0.3) is 5.91 Å². The molecule has 5 rings (SSSR count). The molecule has 1 N–H and O–H groups in total. The lowest BCUT2D eigenvalue weighted by molar-refractivity contribution is -0.173. The number of halogens is 5. The van der Waals surface area contributed by atoms with Crippen LogP contribution in [0.3, 0.4) is 0 Å². The van der Waals surface area contributed by atoms with Crippen molar-refractivity contribution < 1.29 is 22.4 Å². The van der Waals surface area contributed by atoms with Crippen LogP contribution in [-0.2, 0) is 0 Å². The summed E-state index contributed by atoms with van der Waals surface area (Å²) in [7, 11) is 0. The van der Waals surface area contributed by atoms with Crippen molar-refractivity contribution in [2.75, 3.05) is 36.4 Å². The molecule has 1 fully saturated rings. The van der Waals surface area contributed by atoms with E-state index in [-0.39, 0.29) is 23.7 Å². The summed E-state index contributed by atoms with van der Waals surface area (Å²) in [6, 6.07) is 11.7. The van der Waals surface area contributed by atoms with E-state index in [1.165, 1.54) is 18.2 Å². The van der Waals surface area contributed by atoms with Gasteiger partial charge in [0.15, 0.2) is 11.7 Å². The van der Waals surface area contributed by atoms with Crippen LogP contribution in [0.4, 0.5) is 29.1 Å². The van der Waals surface area contributed by atoms with Crippen LogP contribution in [-0.4, -0.2) is 52.9 Å². The van der Waals surface area contributed by atoms with E-state index < -0.39 is 24.2 Å². The highest BCUT2D eigenvalue weighted by atomic mass is 35.5. The standard InChI is InChI=1S/C24H22ClF4N5O/c25-16-3-1-15(2-4-16)19-13-21(24(27,28)29)34-22(30-19)14-20(31-34)23(35)33-11-9-32(10-12-33)18-7-5-17(26)6-8-18/h1-8,14,19,21,30H,9-13H2/t19-,21+/m0/s1. The van der Waals surface area contributed by atoms with E-state index in [1.54, 1.807) is 41.3 Å². The molecule has 0 saturated carbocycles. The number of carbonyl (C=O) groups excluding carboxylic acids is 1. The molecular weight excluding hydrogens is 486 g/mol. The number of benzene rings is 2. The first kappa shape index (κ1) is 23.5. The monoisotopic (exact) mass is 507 g/mol. The summed E-state index contributed by atoms with van der Waals surface area (Å²) in [6.45, 7) is 1.80. The van der Waals surface area contributed by atoms with Gasteiger partial charge in [-0.3, -0.25) is 4.79 Å². The van der Waals surface area contributed by atoms with Gasteiger partial charge in [-0.2, -0.15) is 18.3 Å². The van der Waals surface area contributed by atoms with Gasteiger partial charge < -0.3 is 15.1 Å². The van der Waals surface area contributed by atoms with E-state index in [1.807, 2.05) is 4.90 Å². The molecule has 0 aliphatic carbocycles. The Morgan fingerprint density at radius 1 is 1.00 bits per heavy atom. The Labute approximate surface area is 204 Å². The number of nitrogens with zero attached hydrogens (tertiary/aromatic N) is 4. The second kappa shape index (κ2) is 9.07. The number of rotatable bonds is 3. The number of hydrogen-bond donors (Lipinski definition) is 1. The molecule has 11 heteroatoms. The third-order valence-electron chi connectivity index (χ3n) is 6.44. The number of aromatic nitrogens is 2. The van der Waals surface area contributed by atoms with Gasteiger partial charge in [-0.05, 0) is 42.0 Å². The van der Waals surface area contributed by atoms with Crippen LogP contribution in [0.5, 0.6) is 0 Å². The minimum absolute atomic E-state index is 0.0336. The molecule has 3 aromatic rings. The summed E-state index contributed by atoms with van der Waals surface area (Å²) in [5.74, 6) is -0.598. The van der Waals surface area contributed by atoms with Gasteiger partial charge in [0, 0.05) is 49.4 Å². The molecule has 2 aliphatic rings. The van der Waals surface area contributed by atoms with Crippen LogP contribution < -0.4 is 10.2 Å². The van der Waals surface area contributed by atoms with Gasteiger partial charge in [-0.1, -0.05) is 23.7 Å². The van der Waals surface area contributed by atoms with Crippen molar-refractivity contribution in [3.63, 3.8) is 0 Å². The third-order valence-corrected chi connectivity index (χ3v) is 6.69. The van der Waals surface area contributed by atoms with Crippen molar-refractivity contribution in [1.82, 2.24) is 14.7 Å². The van der Waals surface area contributed by atoms with E-state index in [4.69, 9.17) is 11.6 Å². The second-order valence-corrected chi connectivity index (χ2v) is 9.09. The number of carbonyl (C=O) groups is 1. The van der Waals surface area contributed by atoms with Gasteiger partial charge >= 0.3 is 6.18 Å². The lowest BCUT2D eigenvalue weighted by Crippen LogP contribution is -2.49. The zero-order valence-electron chi connectivity index (χ0n) is 18.5. The van der Waals surface area contributed by atoms with Crippen LogP contribution in [0, 0.1) is 5.82 Å². The number of anilines is 2. The molecule has 6 nitrogen and oxygen atoms in total. The Hall–Kier alpha value is -3.27. The first-order chi connectivity index (χ1) is 16.7. The third kappa shape index (κ3) is 4.80. The van der Waals surface area contributed by atoms with E-state index in [0.717, 1.165) is 10.4 Å². The Morgan fingerprint density at radius 3 is 2.29 bits per heavy atom. The average Bonchev–Trinajstić information content (AvgIpc) is 3.27. The maximum atomic E-state index is 13.9. The van der Waals surface area contributed by atoms with Crippen molar-refractivity contribution in [2.45, 2.75) is 24.7 Å². The lowest BCUT2D eigenvalue weighted by Gasteiger charge is -2.35. The summed E-state index contributed by atoms with van der Waals surface area (Å²) in [5.41, 5.74) is 1.48. The van der Waals surface area contributed by atoms with Crippen molar-refractivity contribution in [3.05, 3.63) is 76.7 Å². The number of amides is 1. The van der Waals surface area contributed by atoms with E-state index in [0.29, 0.717) is 36.8 Å². The molecule has 1 aromatic heterocycles. The summed E-state index contributed by atoms with van der Waals surface area (Å²) in [5, 5.41) is 7.66. The number of piperazine rings is 1. The maximum Gasteiger partial charge on any atom is 0.410 e. The zero-order valence-corrected chi connectivity index (χ0v) is 19.2. The highest BCUT2D eigenvalue weighted by Gasteiger charge is 2.47. The van der Waals surface area contributed by atoms with Crippen LogP contribution >= 0.6 is 11.6 Å². The number of hydrogen-bond acceptors (Lipinski definition) is 4. The molecule has 0 spiro atoms. The fourth-order valence-electron chi connectivity index (χ4n) is 4.57. The van der Waals surface area contributed by atoms with Gasteiger partial charge in [0.05, 0.1) is 6.04 Å². The fourth-order valence-corrected chi connectivity index (χ4v) is 4.70. The van der Waals surface area contributed by atoms with E-state index in [9.17, 15) is 22.4 Å². The molecule has 1 saturated heterocycles. The van der Waals surface area contributed by atoms with Crippen molar-refractivity contribution in [2.24, 2.45) is 0 Å². The quantitative estimate of drug-likeness (QED) is 0.489. The molecule has 0 unspecified atom stereocenters. The molecule has 3 heterocycles. The molecular formula is C24H22ClF4N5O. The molecule has 35 heavy (non-hydrogen) atoms. The topological polar surface area (TPSA) is 53.4 Å². The summed E-state index contributed by atoms with van der Waals surface area (Å²) < 4.78 is 55.9. The van der Waals surface area contributed by atoms with Gasteiger partial charge in [0.1, 0.15) is 11.6 Å². The predicted molar refractivity (Wildman–Crippen MR) is 124 cm³/mol. The molecule has 0 radical (unpaired) electrons. The molecule has 184 valence electrons. The SMILES string of the molecule is O=C(c1cc2n(n1)[C@@H](C(F)(F)F)C[C@@H](c1ccc(Cl)cc1)N2)N1CCN(c2ccc(F)cc2)CC1. The van der Waals surface area contributed by atoms with Gasteiger partial charge in [-0.15, -0.1) is 0 Å². The largest absolute Gasteiger partial charge is 0.410 e.